The Hall–Kier alpha value is -2.21. The molecule has 0 fully saturated rings. The van der Waals surface area contributed by atoms with Gasteiger partial charge in [0, 0.05) is 19.2 Å². The number of aliphatic carboxylic acids is 1. The Morgan fingerprint density at radius 3 is 2.62 bits per heavy atom. The van der Waals surface area contributed by atoms with E-state index in [2.05, 4.69) is 0 Å². The molecule has 1 amide bonds. The predicted molar refractivity (Wildman–Crippen MR) is 76.4 cm³/mol. The van der Waals surface area contributed by atoms with Crippen molar-refractivity contribution >= 4 is 18.0 Å². The highest BCUT2D eigenvalue weighted by atomic mass is 19.1. The molecule has 0 aliphatic carbocycles. The lowest BCUT2D eigenvalue weighted by molar-refractivity contribution is -0.131. The third-order valence-electron chi connectivity index (χ3n) is 2.79. The zero-order valence-electron chi connectivity index (χ0n) is 11.8. The van der Waals surface area contributed by atoms with Crippen LogP contribution >= 0.6 is 0 Å². The molecular formula is C15H18FNO4. The first kappa shape index (κ1) is 16.8. The van der Waals surface area contributed by atoms with Crippen molar-refractivity contribution < 1.29 is 24.2 Å². The summed E-state index contributed by atoms with van der Waals surface area (Å²) in [6, 6.07) is 3.82. The van der Waals surface area contributed by atoms with E-state index in [0.29, 0.717) is 18.5 Å². The number of aliphatic hydroxyl groups excluding tert-OH is 1. The van der Waals surface area contributed by atoms with E-state index >= 15 is 0 Å². The molecule has 1 aromatic carbocycles. The summed E-state index contributed by atoms with van der Waals surface area (Å²) in [5.74, 6) is -2.32. The van der Waals surface area contributed by atoms with Crippen molar-refractivity contribution in [3.63, 3.8) is 0 Å². The summed E-state index contributed by atoms with van der Waals surface area (Å²) in [5.41, 5.74) is 0.284. The maximum absolute atomic E-state index is 13.8. The number of benzene rings is 1. The molecule has 2 N–H and O–H groups in total. The largest absolute Gasteiger partial charge is 0.478 e. The maximum Gasteiger partial charge on any atom is 0.328 e. The highest BCUT2D eigenvalue weighted by Gasteiger charge is 2.18. The number of hydrogen-bond acceptors (Lipinski definition) is 3. The van der Waals surface area contributed by atoms with Gasteiger partial charge in [-0.3, -0.25) is 4.79 Å². The Morgan fingerprint density at radius 1 is 1.33 bits per heavy atom. The van der Waals surface area contributed by atoms with Crippen LogP contribution in [0.4, 0.5) is 4.39 Å². The van der Waals surface area contributed by atoms with Crippen LogP contribution in [0.5, 0.6) is 0 Å². The van der Waals surface area contributed by atoms with Crippen molar-refractivity contribution in [2.75, 3.05) is 19.7 Å². The number of carboxylic acid groups (broad SMARTS) is 1. The van der Waals surface area contributed by atoms with Gasteiger partial charge in [-0.1, -0.05) is 13.0 Å². The minimum Gasteiger partial charge on any atom is -0.478 e. The summed E-state index contributed by atoms with van der Waals surface area (Å²) in [6.45, 7) is 2.21. The van der Waals surface area contributed by atoms with Crippen molar-refractivity contribution in [1.82, 2.24) is 4.90 Å². The number of aliphatic hydroxyl groups is 1. The zero-order chi connectivity index (χ0) is 15.8. The number of halogens is 1. The first-order valence-electron chi connectivity index (χ1n) is 6.60. The molecule has 114 valence electrons. The summed E-state index contributed by atoms with van der Waals surface area (Å²) >= 11 is 0. The number of carbonyl (C=O) groups is 2. The Bertz CT molecular complexity index is 536. The first-order valence-corrected chi connectivity index (χ1v) is 6.60. The van der Waals surface area contributed by atoms with Gasteiger partial charge in [0.2, 0.25) is 0 Å². The van der Waals surface area contributed by atoms with Gasteiger partial charge in [0.15, 0.2) is 0 Å². The van der Waals surface area contributed by atoms with E-state index in [1.807, 2.05) is 6.92 Å². The first-order chi connectivity index (χ1) is 9.99. The molecule has 0 bridgehead atoms. The summed E-state index contributed by atoms with van der Waals surface area (Å²) < 4.78 is 13.8. The van der Waals surface area contributed by atoms with E-state index in [9.17, 15) is 14.0 Å². The standard InChI is InChI=1S/C15H18FNO4/c1-2-7-17(8-9-18)15(21)12-10-11(3-5-13(12)16)4-6-14(19)20/h3-6,10,18H,2,7-9H2,1H3,(H,19,20). The summed E-state index contributed by atoms with van der Waals surface area (Å²) in [7, 11) is 0. The van der Waals surface area contributed by atoms with Crippen molar-refractivity contribution in [1.29, 1.82) is 0 Å². The lowest BCUT2D eigenvalue weighted by atomic mass is 10.1. The van der Waals surface area contributed by atoms with Crippen LogP contribution in [-0.2, 0) is 4.79 Å². The number of carboxylic acids is 1. The van der Waals surface area contributed by atoms with Gasteiger partial charge in [-0.05, 0) is 30.2 Å². The molecule has 6 heteroatoms. The maximum atomic E-state index is 13.8. The molecule has 0 saturated carbocycles. The number of rotatable bonds is 7. The number of nitrogens with zero attached hydrogens (tertiary/aromatic N) is 1. The second-order valence-electron chi connectivity index (χ2n) is 4.43. The van der Waals surface area contributed by atoms with Crippen LogP contribution in [0.2, 0.25) is 0 Å². The van der Waals surface area contributed by atoms with Gasteiger partial charge in [-0.25, -0.2) is 9.18 Å². The smallest absolute Gasteiger partial charge is 0.328 e. The highest BCUT2D eigenvalue weighted by Crippen LogP contribution is 2.15. The van der Waals surface area contributed by atoms with Crippen LogP contribution in [0.25, 0.3) is 6.08 Å². The molecule has 0 aromatic heterocycles. The van der Waals surface area contributed by atoms with Crippen LogP contribution in [-0.4, -0.2) is 46.7 Å². The summed E-state index contributed by atoms with van der Waals surface area (Å²) in [6.07, 6.45) is 2.89. The topological polar surface area (TPSA) is 77.8 Å². The van der Waals surface area contributed by atoms with Crippen molar-refractivity contribution in [3.8, 4) is 0 Å². The third-order valence-corrected chi connectivity index (χ3v) is 2.79. The Morgan fingerprint density at radius 2 is 2.05 bits per heavy atom. The van der Waals surface area contributed by atoms with Crippen molar-refractivity contribution in [2.45, 2.75) is 13.3 Å². The minimum absolute atomic E-state index is 0.126. The number of hydrogen-bond donors (Lipinski definition) is 2. The molecule has 1 rings (SSSR count). The fourth-order valence-corrected chi connectivity index (χ4v) is 1.85. The minimum atomic E-state index is -1.12. The highest BCUT2D eigenvalue weighted by molar-refractivity contribution is 5.95. The molecule has 0 radical (unpaired) electrons. The molecule has 0 aliphatic heterocycles. The van der Waals surface area contributed by atoms with Gasteiger partial charge < -0.3 is 15.1 Å². The van der Waals surface area contributed by atoms with E-state index in [-0.39, 0.29) is 18.7 Å². The average Bonchev–Trinajstić information content (AvgIpc) is 2.45. The molecule has 0 aliphatic rings. The molecule has 0 heterocycles. The molecule has 0 spiro atoms. The third kappa shape index (κ3) is 5.00. The van der Waals surface area contributed by atoms with Gasteiger partial charge in [0.25, 0.3) is 5.91 Å². The molecule has 0 atom stereocenters. The van der Waals surface area contributed by atoms with Crippen molar-refractivity contribution in [2.24, 2.45) is 0 Å². The SMILES string of the molecule is CCCN(CCO)C(=O)c1cc(C=CC(=O)O)ccc1F. The normalized spacial score (nSPS) is 10.8. The molecule has 21 heavy (non-hydrogen) atoms. The fraction of sp³-hybridized carbons (Fsp3) is 0.333. The Labute approximate surface area is 122 Å². The average molecular weight is 295 g/mol. The lowest BCUT2D eigenvalue weighted by Gasteiger charge is -2.21. The zero-order valence-corrected chi connectivity index (χ0v) is 11.8. The van der Waals surface area contributed by atoms with Crippen LogP contribution in [0.15, 0.2) is 24.3 Å². The quantitative estimate of drug-likeness (QED) is 0.751. The van der Waals surface area contributed by atoms with Gasteiger partial charge in [0.1, 0.15) is 5.82 Å². The Balaban J connectivity index is 3.06. The van der Waals surface area contributed by atoms with Gasteiger partial charge in [-0.15, -0.1) is 0 Å². The second kappa shape index (κ2) is 8.16. The number of amides is 1. The summed E-state index contributed by atoms with van der Waals surface area (Å²) in [5, 5.41) is 17.5. The van der Waals surface area contributed by atoms with Crippen LogP contribution in [0.1, 0.15) is 29.3 Å². The fourth-order valence-electron chi connectivity index (χ4n) is 1.85. The molecule has 0 saturated heterocycles. The molecular weight excluding hydrogens is 277 g/mol. The van der Waals surface area contributed by atoms with Crippen LogP contribution < -0.4 is 0 Å². The van der Waals surface area contributed by atoms with Gasteiger partial charge >= 0.3 is 5.97 Å². The summed E-state index contributed by atoms with van der Waals surface area (Å²) in [4.78, 5) is 24.1. The van der Waals surface area contributed by atoms with Crippen molar-refractivity contribution in [3.05, 3.63) is 41.2 Å². The van der Waals surface area contributed by atoms with Gasteiger partial charge in [0.05, 0.1) is 12.2 Å². The van der Waals surface area contributed by atoms with E-state index in [0.717, 1.165) is 12.1 Å². The van der Waals surface area contributed by atoms with E-state index < -0.39 is 17.7 Å². The van der Waals surface area contributed by atoms with E-state index in [1.165, 1.54) is 23.1 Å². The van der Waals surface area contributed by atoms with Crippen LogP contribution in [0.3, 0.4) is 0 Å². The Kier molecular flexibility index (Phi) is 6.55. The second-order valence-corrected chi connectivity index (χ2v) is 4.43. The monoisotopic (exact) mass is 295 g/mol. The van der Waals surface area contributed by atoms with Crippen LogP contribution in [0, 0.1) is 5.82 Å². The lowest BCUT2D eigenvalue weighted by Crippen LogP contribution is -2.34. The van der Waals surface area contributed by atoms with E-state index in [4.69, 9.17) is 10.2 Å². The predicted octanol–water partition coefficient (Wildman–Crippen LogP) is 1.77. The van der Waals surface area contributed by atoms with E-state index in [1.54, 1.807) is 0 Å². The number of carbonyl (C=O) groups excluding carboxylic acids is 1. The van der Waals surface area contributed by atoms with Gasteiger partial charge in [-0.2, -0.15) is 0 Å². The molecule has 5 nitrogen and oxygen atoms in total. The molecule has 1 aromatic rings. The molecule has 0 unspecified atom stereocenters.